The lowest BCUT2D eigenvalue weighted by molar-refractivity contribution is -0.145. The molecule has 0 heterocycles. The highest BCUT2D eigenvalue weighted by atomic mass is 19.1. The summed E-state index contributed by atoms with van der Waals surface area (Å²) in [6, 6.07) is 4.90. The first kappa shape index (κ1) is 20.7. The SMILES string of the molecule is O=C(CCC1CCCC1)NCC(=O)NCC(Oc1ccc(F)cc1)C(=O)O. The van der Waals surface area contributed by atoms with Crippen LogP contribution in [-0.2, 0) is 14.4 Å². The molecule has 0 bridgehead atoms. The molecule has 0 radical (unpaired) electrons. The molecule has 1 aliphatic rings. The summed E-state index contributed by atoms with van der Waals surface area (Å²) in [6.45, 7) is -0.490. The Kier molecular flexibility index (Phi) is 8.03. The van der Waals surface area contributed by atoms with Crippen LogP contribution in [0.5, 0.6) is 5.75 Å². The van der Waals surface area contributed by atoms with E-state index in [9.17, 15) is 23.9 Å². The monoisotopic (exact) mass is 380 g/mol. The van der Waals surface area contributed by atoms with Gasteiger partial charge in [-0.25, -0.2) is 9.18 Å². The Morgan fingerprint density at radius 3 is 2.41 bits per heavy atom. The van der Waals surface area contributed by atoms with Crippen molar-refractivity contribution < 1.29 is 28.6 Å². The zero-order valence-corrected chi connectivity index (χ0v) is 15.1. The van der Waals surface area contributed by atoms with Gasteiger partial charge in [-0.1, -0.05) is 25.7 Å². The number of ether oxygens (including phenoxy) is 1. The molecule has 27 heavy (non-hydrogen) atoms. The first-order valence-electron chi connectivity index (χ1n) is 9.12. The number of carbonyl (C=O) groups is 3. The van der Waals surface area contributed by atoms with E-state index < -0.39 is 23.8 Å². The van der Waals surface area contributed by atoms with Crippen LogP contribution in [0.25, 0.3) is 0 Å². The molecule has 1 aromatic rings. The second-order valence-corrected chi connectivity index (χ2v) is 6.67. The van der Waals surface area contributed by atoms with Gasteiger partial charge in [-0.05, 0) is 36.6 Å². The van der Waals surface area contributed by atoms with Gasteiger partial charge in [0.2, 0.25) is 17.9 Å². The Morgan fingerprint density at radius 2 is 1.78 bits per heavy atom. The topological polar surface area (TPSA) is 105 Å². The number of benzene rings is 1. The molecule has 1 saturated carbocycles. The maximum absolute atomic E-state index is 12.9. The first-order chi connectivity index (χ1) is 12.9. The summed E-state index contributed by atoms with van der Waals surface area (Å²) in [5.41, 5.74) is 0. The van der Waals surface area contributed by atoms with Crippen LogP contribution in [0.2, 0.25) is 0 Å². The number of hydrogen-bond acceptors (Lipinski definition) is 4. The molecule has 1 atom stereocenters. The van der Waals surface area contributed by atoms with E-state index in [4.69, 9.17) is 4.74 Å². The molecular weight excluding hydrogens is 355 g/mol. The number of halogens is 1. The van der Waals surface area contributed by atoms with Gasteiger partial charge in [-0.2, -0.15) is 0 Å². The van der Waals surface area contributed by atoms with Crippen LogP contribution in [0.3, 0.4) is 0 Å². The van der Waals surface area contributed by atoms with Gasteiger partial charge < -0.3 is 20.5 Å². The second kappa shape index (κ2) is 10.5. The average Bonchev–Trinajstić information content (AvgIpc) is 3.16. The minimum Gasteiger partial charge on any atom is -0.478 e. The van der Waals surface area contributed by atoms with E-state index >= 15 is 0 Å². The van der Waals surface area contributed by atoms with Gasteiger partial charge >= 0.3 is 5.97 Å². The number of nitrogens with one attached hydrogen (secondary N) is 2. The lowest BCUT2D eigenvalue weighted by atomic mass is 10.0. The molecule has 1 fully saturated rings. The fourth-order valence-electron chi connectivity index (χ4n) is 3.03. The molecule has 0 spiro atoms. The number of carbonyl (C=O) groups excluding carboxylic acids is 2. The van der Waals surface area contributed by atoms with Crippen LogP contribution in [-0.4, -0.2) is 42.1 Å². The minimum absolute atomic E-state index is 0.179. The van der Waals surface area contributed by atoms with Crippen molar-refractivity contribution in [1.29, 1.82) is 0 Å². The van der Waals surface area contributed by atoms with Gasteiger partial charge in [0.15, 0.2) is 0 Å². The summed E-state index contributed by atoms with van der Waals surface area (Å²) >= 11 is 0. The standard InChI is InChI=1S/C19H25FN2O5/c20-14-6-8-15(9-7-14)27-16(19(25)26)11-21-18(24)12-22-17(23)10-5-13-3-1-2-4-13/h6-9,13,16H,1-5,10-12H2,(H,21,24)(H,22,23)(H,25,26). The average molecular weight is 380 g/mol. The Labute approximate surface area is 157 Å². The third-order valence-electron chi connectivity index (χ3n) is 4.55. The first-order valence-corrected chi connectivity index (χ1v) is 9.12. The van der Waals surface area contributed by atoms with E-state index in [2.05, 4.69) is 10.6 Å². The highest BCUT2D eigenvalue weighted by Crippen LogP contribution is 2.28. The molecule has 7 nitrogen and oxygen atoms in total. The smallest absolute Gasteiger partial charge is 0.346 e. The third kappa shape index (κ3) is 7.64. The number of hydrogen-bond donors (Lipinski definition) is 3. The van der Waals surface area contributed by atoms with E-state index in [1.54, 1.807) is 0 Å². The molecule has 1 unspecified atom stereocenters. The van der Waals surface area contributed by atoms with Crippen molar-refractivity contribution >= 4 is 17.8 Å². The lowest BCUT2D eigenvalue weighted by Crippen LogP contribution is -2.44. The maximum atomic E-state index is 12.9. The molecule has 0 saturated heterocycles. The minimum atomic E-state index is -1.32. The van der Waals surface area contributed by atoms with E-state index in [0.29, 0.717) is 12.3 Å². The summed E-state index contributed by atoms with van der Waals surface area (Å²) in [6.07, 6.45) is 4.68. The Bertz CT molecular complexity index is 644. The molecule has 2 amide bonds. The van der Waals surface area contributed by atoms with Crippen LogP contribution in [0, 0.1) is 11.7 Å². The van der Waals surface area contributed by atoms with E-state index in [0.717, 1.165) is 18.6 Å². The molecule has 3 N–H and O–H groups in total. The van der Waals surface area contributed by atoms with Gasteiger partial charge in [0.1, 0.15) is 11.6 Å². The van der Waals surface area contributed by atoms with Gasteiger partial charge in [0.05, 0.1) is 13.1 Å². The zero-order chi connectivity index (χ0) is 19.6. The summed E-state index contributed by atoms with van der Waals surface area (Å²) in [5, 5.41) is 14.1. The lowest BCUT2D eigenvalue weighted by Gasteiger charge is -2.16. The van der Waals surface area contributed by atoms with E-state index in [1.165, 1.54) is 37.8 Å². The Hall–Kier alpha value is -2.64. The zero-order valence-electron chi connectivity index (χ0n) is 15.1. The summed E-state index contributed by atoms with van der Waals surface area (Å²) in [5.74, 6) is -1.64. The molecule has 2 rings (SSSR count). The molecule has 1 aromatic carbocycles. The van der Waals surface area contributed by atoms with Gasteiger partial charge in [0.25, 0.3) is 0 Å². The van der Waals surface area contributed by atoms with Crippen LogP contribution >= 0.6 is 0 Å². The molecule has 8 heteroatoms. The molecule has 1 aliphatic carbocycles. The fourth-order valence-corrected chi connectivity index (χ4v) is 3.03. The number of carboxylic acids is 1. The van der Waals surface area contributed by atoms with Gasteiger partial charge in [0, 0.05) is 6.42 Å². The van der Waals surface area contributed by atoms with Crippen molar-refractivity contribution in [3.63, 3.8) is 0 Å². The predicted molar refractivity (Wildman–Crippen MR) is 95.7 cm³/mol. The van der Waals surface area contributed by atoms with E-state index in [-0.39, 0.29) is 24.7 Å². The predicted octanol–water partition coefficient (Wildman–Crippen LogP) is 1.86. The largest absolute Gasteiger partial charge is 0.478 e. The maximum Gasteiger partial charge on any atom is 0.346 e. The van der Waals surface area contributed by atoms with Gasteiger partial charge in [-0.15, -0.1) is 0 Å². The van der Waals surface area contributed by atoms with Gasteiger partial charge in [-0.3, -0.25) is 9.59 Å². The van der Waals surface area contributed by atoms with Crippen molar-refractivity contribution in [2.24, 2.45) is 5.92 Å². The molecule has 0 aliphatic heterocycles. The quantitative estimate of drug-likeness (QED) is 0.575. The van der Waals surface area contributed by atoms with Crippen molar-refractivity contribution in [2.75, 3.05) is 13.1 Å². The van der Waals surface area contributed by atoms with Crippen molar-refractivity contribution in [1.82, 2.24) is 10.6 Å². The Morgan fingerprint density at radius 1 is 1.11 bits per heavy atom. The highest BCUT2D eigenvalue weighted by Gasteiger charge is 2.21. The normalized spacial score (nSPS) is 15.1. The van der Waals surface area contributed by atoms with Crippen molar-refractivity contribution in [2.45, 2.75) is 44.6 Å². The third-order valence-corrected chi connectivity index (χ3v) is 4.55. The number of rotatable bonds is 10. The van der Waals surface area contributed by atoms with Crippen molar-refractivity contribution in [3.05, 3.63) is 30.1 Å². The Balaban J connectivity index is 1.67. The molecule has 0 aromatic heterocycles. The summed E-state index contributed by atoms with van der Waals surface area (Å²) < 4.78 is 18.1. The van der Waals surface area contributed by atoms with Crippen LogP contribution < -0.4 is 15.4 Å². The molecule has 148 valence electrons. The van der Waals surface area contributed by atoms with Crippen LogP contribution in [0.4, 0.5) is 4.39 Å². The summed E-state index contributed by atoms with van der Waals surface area (Å²) in [4.78, 5) is 34.8. The number of amides is 2. The number of aliphatic carboxylic acids is 1. The van der Waals surface area contributed by atoms with Crippen LogP contribution in [0.15, 0.2) is 24.3 Å². The molecular formula is C19H25FN2O5. The second-order valence-electron chi connectivity index (χ2n) is 6.67. The van der Waals surface area contributed by atoms with E-state index in [1.807, 2.05) is 0 Å². The number of carboxylic acid groups (broad SMARTS) is 1. The highest BCUT2D eigenvalue weighted by molar-refractivity contribution is 5.85. The van der Waals surface area contributed by atoms with Crippen molar-refractivity contribution in [3.8, 4) is 5.75 Å². The fraction of sp³-hybridized carbons (Fsp3) is 0.526. The summed E-state index contributed by atoms with van der Waals surface area (Å²) in [7, 11) is 0. The van der Waals surface area contributed by atoms with Crippen LogP contribution in [0.1, 0.15) is 38.5 Å².